The number of rotatable bonds is 38. The van der Waals surface area contributed by atoms with Crippen LogP contribution >= 0.6 is 0 Å². The second kappa shape index (κ2) is 45.3. The number of halogens is 13. The van der Waals surface area contributed by atoms with Crippen molar-refractivity contribution in [1.82, 2.24) is 0 Å². The van der Waals surface area contributed by atoms with Gasteiger partial charge in [-0.15, -0.1) is 0 Å². The lowest BCUT2D eigenvalue weighted by Crippen LogP contribution is -2.32. The van der Waals surface area contributed by atoms with Crippen molar-refractivity contribution in [3.8, 4) is 0 Å². The van der Waals surface area contributed by atoms with Gasteiger partial charge in [0.05, 0.1) is 86.4 Å². The molecule has 0 heterocycles. The molecule has 0 amide bonds. The van der Waals surface area contributed by atoms with Gasteiger partial charge in [-0.05, 0) is 94.9 Å². The van der Waals surface area contributed by atoms with Crippen LogP contribution in [0, 0.1) is 21.7 Å². The maximum absolute atomic E-state index is 13.2. The van der Waals surface area contributed by atoms with Crippen molar-refractivity contribution in [3.05, 3.63) is 0 Å². The van der Waals surface area contributed by atoms with Crippen LogP contribution in [0.3, 0.4) is 0 Å². The minimum absolute atomic E-state index is 0.107. The first-order valence-corrected chi connectivity index (χ1v) is 29.5. The molecule has 0 spiro atoms. The molecule has 0 fully saturated rings. The SMILES string of the molecule is CCC(C)(C)C(=O)OCCOC(=O)CCC(=O)OCCC(F)(F)CC(C)(F)F.CCC(C)(C)C(=O)OCCOC(=O)CCC(=O)OCCC(F)(F)F.CCC(C)(C)C(=O)OCOC(=O)CC(=O)OC(C)C(F)(F)F.CCC(C)(C)C(=O)OCOC(=O)CC(=O)OCCC(F)(F)F. The van der Waals surface area contributed by atoms with E-state index >= 15 is 0 Å². The summed E-state index contributed by atoms with van der Waals surface area (Å²) in [5.74, 6) is -17.2. The Morgan fingerprint density at radius 1 is 0.312 bits per heavy atom. The maximum atomic E-state index is 13.2. The fourth-order valence-corrected chi connectivity index (χ4v) is 5.05. The highest BCUT2D eigenvalue weighted by molar-refractivity contribution is 5.92. The molecule has 560 valence electrons. The molecule has 37 heteroatoms. The van der Waals surface area contributed by atoms with Gasteiger partial charge in [-0.25, -0.2) is 17.6 Å². The van der Waals surface area contributed by atoms with Crippen LogP contribution in [0.5, 0.6) is 0 Å². The van der Waals surface area contributed by atoms with Gasteiger partial charge < -0.3 is 56.8 Å². The van der Waals surface area contributed by atoms with Crippen molar-refractivity contribution < 1.29 is 171 Å². The molecule has 0 saturated heterocycles. The lowest BCUT2D eigenvalue weighted by Gasteiger charge is -2.20. The normalized spacial score (nSPS) is 12.3. The molecule has 0 aromatic carbocycles. The largest absolute Gasteiger partial charge is 0.465 e. The van der Waals surface area contributed by atoms with Crippen molar-refractivity contribution in [2.24, 2.45) is 21.7 Å². The zero-order chi connectivity index (χ0) is 75.8. The average Bonchev–Trinajstić information content (AvgIpc) is 0.988. The Bertz CT molecular complexity index is 2430. The van der Waals surface area contributed by atoms with Crippen LogP contribution in [0.1, 0.15) is 187 Å². The smallest absolute Gasteiger partial charge is 0.425 e. The van der Waals surface area contributed by atoms with Crippen LogP contribution in [0.2, 0.25) is 0 Å². The topological polar surface area (TPSA) is 316 Å². The highest BCUT2D eigenvalue weighted by Crippen LogP contribution is 2.33. The molecule has 24 nitrogen and oxygen atoms in total. The third-order valence-electron chi connectivity index (χ3n) is 12.7. The van der Waals surface area contributed by atoms with Crippen molar-refractivity contribution in [1.29, 1.82) is 0 Å². The van der Waals surface area contributed by atoms with Crippen molar-refractivity contribution in [2.75, 3.05) is 59.8 Å². The third-order valence-corrected chi connectivity index (χ3v) is 12.7. The molecular formula is C59H89F13O24. The third kappa shape index (κ3) is 52.9. The van der Waals surface area contributed by atoms with E-state index in [0.29, 0.717) is 39.5 Å². The van der Waals surface area contributed by atoms with Gasteiger partial charge in [-0.3, -0.25) is 57.5 Å². The lowest BCUT2D eigenvalue weighted by molar-refractivity contribution is -0.217. The van der Waals surface area contributed by atoms with E-state index in [2.05, 4.69) is 33.2 Å². The summed E-state index contributed by atoms with van der Waals surface area (Å²) in [7, 11) is 0. The number of alkyl halides is 13. The number of hydrogen-bond acceptors (Lipinski definition) is 24. The first kappa shape index (κ1) is 95.1. The Balaban J connectivity index is -0.000000591. The van der Waals surface area contributed by atoms with Gasteiger partial charge in [0.15, 0.2) is 6.10 Å². The minimum Gasteiger partial charge on any atom is -0.465 e. The Hall–Kier alpha value is -7.27. The molecule has 0 aliphatic carbocycles. The molecule has 0 aromatic heterocycles. The molecule has 96 heavy (non-hydrogen) atoms. The van der Waals surface area contributed by atoms with E-state index in [1.54, 1.807) is 69.2 Å². The monoisotopic (exact) mass is 1430 g/mol. The van der Waals surface area contributed by atoms with Crippen molar-refractivity contribution in [2.45, 2.75) is 223 Å². The Morgan fingerprint density at radius 3 is 0.844 bits per heavy atom. The molecule has 0 aliphatic heterocycles. The van der Waals surface area contributed by atoms with Crippen LogP contribution in [0.4, 0.5) is 57.1 Å². The van der Waals surface area contributed by atoms with Gasteiger partial charge in [0.25, 0.3) is 11.8 Å². The van der Waals surface area contributed by atoms with Crippen LogP contribution in [-0.2, 0) is 114 Å². The Morgan fingerprint density at radius 2 is 0.562 bits per heavy atom. The van der Waals surface area contributed by atoms with Crippen LogP contribution in [0.25, 0.3) is 0 Å². The number of carbonyl (C=O) groups excluding carboxylic acids is 12. The van der Waals surface area contributed by atoms with E-state index in [4.69, 9.17) is 23.7 Å². The molecule has 0 aliphatic rings. The summed E-state index contributed by atoms with van der Waals surface area (Å²) in [6.07, 6.45) is -22.2. The summed E-state index contributed by atoms with van der Waals surface area (Å²) in [5, 5.41) is 0. The molecule has 1 atom stereocenters. The van der Waals surface area contributed by atoms with E-state index in [1.807, 2.05) is 13.8 Å². The van der Waals surface area contributed by atoms with Crippen molar-refractivity contribution >= 4 is 71.6 Å². The van der Waals surface area contributed by atoms with E-state index in [1.165, 1.54) is 0 Å². The van der Waals surface area contributed by atoms with Gasteiger partial charge in [0.2, 0.25) is 13.6 Å². The van der Waals surface area contributed by atoms with Crippen LogP contribution in [0.15, 0.2) is 0 Å². The number of hydrogen-bond donors (Lipinski definition) is 0. The van der Waals surface area contributed by atoms with E-state index in [9.17, 15) is 115 Å². The molecule has 0 N–H and O–H groups in total. The molecule has 1 unspecified atom stereocenters. The second-order valence-corrected chi connectivity index (χ2v) is 23.1. The fraction of sp³-hybridized carbons (Fsp3) is 0.797. The van der Waals surface area contributed by atoms with E-state index < -0.39 is 208 Å². The molecule has 0 aromatic rings. The summed E-state index contributed by atoms with van der Waals surface area (Å²) in [6.45, 7) is 17.3. The number of carbonyl (C=O) groups is 12. The first-order chi connectivity index (χ1) is 43.5. The molecule has 0 radical (unpaired) electrons. The van der Waals surface area contributed by atoms with Gasteiger partial charge >= 0.3 is 90.2 Å². The highest BCUT2D eigenvalue weighted by atomic mass is 19.4. The first-order valence-electron chi connectivity index (χ1n) is 29.5. The van der Waals surface area contributed by atoms with Crippen LogP contribution < -0.4 is 0 Å². The summed E-state index contributed by atoms with van der Waals surface area (Å²) in [4.78, 5) is 136. The lowest BCUT2D eigenvalue weighted by atomic mass is 9.91. The van der Waals surface area contributed by atoms with Gasteiger partial charge in [-0.2, -0.15) is 39.5 Å². The maximum Gasteiger partial charge on any atom is 0.425 e. The van der Waals surface area contributed by atoms with Gasteiger partial charge in [0, 0.05) is 6.42 Å². The summed E-state index contributed by atoms with van der Waals surface area (Å²) >= 11 is 0. The fourth-order valence-electron chi connectivity index (χ4n) is 5.05. The molecule has 0 bridgehead atoms. The van der Waals surface area contributed by atoms with Crippen LogP contribution in [-0.4, -0.2) is 168 Å². The predicted molar refractivity (Wildman–Crippen MR) is 303 cm³/mol. The summed E-state index contributed by atoms with van der Waals surface area (Å²) in [6, 6.07) is 0. The molecular weight excluding hydrogens is 1340 g/mol. The quantitative estimate of drug-likeness (QED) is 0.0138. The van der Waals surface area contributed by atoms with Gasteiger partial charge in [-0.1, -0.05) is 27.7 Å². The van der Waals surface area contributed by atoms with E-state index in [-0.39, 0.29) is 45.7 Å². The number of esters is 12. The molecule has 0 rings (SSSR count). The average molecular weight is 1430 g/mol. The summed E-state index contributed by atoms with van der Waals surface area (Å²) < 4.78 is 214. The van der Waals surface area contributed by atoms with Crippen molar-refractivity contribution in [3.63, 3.8) is 0 Å². The highest BCUT2D eigenvalue weighted by Gasteiger charge is 2.41. The number of ether oxygens (including phenoxy) is 12. The standard InChI is InChI=1S/C18H28F4O6.C15H23F3O6.2C13H19F3O6/c1-5-16(2,3)15(25)28-11-10-27-14(24)7-6-13(23)26-9-8-18(21,22)12-17(4,19)20;1-4-14(2,3)13(21)24-10-9-23-12(20)6-5-11(19)22-8-7-15(16,17)18;1-5-12(3,4)11(19)21-7-20-9(17)6-10(18)22-8(2)13(14,15)16;1-4-12(2,3)11(19)22-8-21-10(18)7-9(17)20-6-5-13(14,15)16/h5-12H2,1-4H3;4-10H2,1-3H3;8H,5-7H2,1-4H3;4-8H2,1-3H3. The Labute approximate surface area is 546 Å². The van der Waals surface area contributed by atoms with Gasteiger partial charge in [0.1, 0.15) is 39.3 Å². The Kier molecular flexibility index (Phi) is 44.9. The molecule has 0 saturated carbocycles. The summed E-state index contributed by atoms with van der Waals surface area (Å²) in [5.41, 5.74) is -2.75. The predicted octanol–water partition coefficient (Wildman–Crippen LogP) is 11.4. The van der Waals surface area contributed by atoms with E-state index in [0.717, 1.165) is 0 Å². The second-order valence-electron chi connectivity index (χ2n) is 23.1. The zero-order valence-electron chi connectivity index (χ0n) is 56.1. The zero-order valence-corrected chi connectivity index (χ0v) is 56.1. The minimum atomic E-state index is -4.71.